The van der Waals surface area contributed by atoms with Crippen LogP contribution in [-0.4, -0.2) is 33.0 Å². The van der Waals surface area contributed by atoms with Crippen LogP contribution >= 0.6 is 0 Å². The van der Waals surface area contributed by atoms with Crippen LogP contribution in [0.25, 0.3) is 0 Å². The van der Waals surface area contributed by atoms with Crippen LogP contribution in [-0.2, 0) is 19.3 Å². The number of rotatable bonds is 9. The third-order valence-corrected chi connectivity index (χ3v) is 4.04. The number of aliphatic hydroxyl groups is 1. The van der Waals surface area contributed by atoms with Gasteiger partial charge in [0.25, 0.3) is 0 Å². The molecule has 0 bridgehead atoms. The Kier molecular flexibility index (Phi) is 6.94. The summed E-state index contributed by atoms with van der Waals surface area (Å²) >= 11 is 0. The van der Waals surface area contributed by atoms with E-state index in [0.29, 0.717) is 17.2 Å². The largest absolute Gasteiger partial charge is 0.493 e. The molecule has 0 aliphatic heterocycles. The highest BCUT2D eigenvalue weighted by molar-refractivity contribution is 5.54. The first-order chi connectivity index (χ1) is 11.7. The number of methoxy groups -OCH3 is 3. The predicted octanol–water partition coefficient (Wildman–Crippen LogP) is 3.42. The van der Waals surface area contributed by atoms with Gasteiger partial charge in [-0.15, -0.1) is 0 Å². The van der Waals surface area contributed by atoms with Crippen LogP contribution in [0.2, 0.25) is 0 Å². The smallest absolute Gasteiger partial charge is 0.203 e. The molecule has 0 spiro atoms. The molecule has 130 valence electrons. The first-order valence-corrected chi connectivity index (χ1v) is 8.19. The van der Waals surface area contributed by atoms with Gasteiger partial charge >= 0.3 is 0 Å². The summed E-state index contributed by atoms with van der Waals surface area (Å²) in [5.41, 5.74) is 3.70. The molecule has 0 heterocycles. The molecule has 0 aliphatic rings. The standard InChI is InChI=1S/C20H26O4/c1-22-18-13-17(14-19(23-2)20(18)24-3)10-9-16-7-4-6-15(12-16)8-5-11-21/h4,6-7,12-14,21H,5,8-11H2,1-3H3. The monoisotopic (exact) mass is 330 g/mol. The Balaban J connectivity index is 2.11. The van der Waals surface area contributed by atoms with Crippen molar-refractivity contribution in [1.29, 1.82) is 0 Å². The van der Waals surface area contributed by atoms with Crippen molar-refractivity contribution in [2.24, 2.45) is 0 Å². The van der Waals surface area contributed by atoms with Gasteiger partial charge in [0, 0.05) is 6.61 Å². The quantitative estimate of drug-likeness (QED) is 0.765. The Morgan fingerprint density at radius 2 is 1.33 bits per heavy atom. The molecule has 4 heteroatoms. The van der Waals surface area contributed by atoms with Gasteiger partial charge in [0.05, 0.1) is 21.3 Å². The van der Waals surface area contributed by atoms with E-state index in [1.165, 1.54) is 11.1 Å². The third-order valence-electron chi connectivity index (χ3n) is 4.04. The van der Waals surface area contributed by atoms with Gasteiger partial charge in [-0.1, -0.05) is 24.3 Å². The summed E-state index contributed by atoms with van der Waals surface area (Å²) in [6.07, 6.45) is 3.54. The molecule has 0 aliphatic carbocycles. The number of ether oxygens (including phenoxy) is 3. The van der Waals surface area contributed by atoms with Gasteiger partial charge < -0.3 is 19.3 Å². The maximum Gasteiger partial charge on any atom is 0.203 e. The second kappa shape index (κ2) is 9.18. The van der Waals surface area contributed by atoms with Crippen molar-refractivity contribution in [2.75, 3.05) is 27.9 Å². The fourth-order valence-electron chi connectivity index (χ4n) is 2.79. The highest BCUT2D eigenvalue weighted by atomic mass is 16.5. The zero-order valence-corrected chi connectivity index (χ0v) is 14.7. The Bertz CT molecular complexity index is 627. The van der Waals surface area contributed by atoms with Crippen molar-refractivity contribution >= 4 is 0 Å². The SMILES string of the molecule is COc1cc(CCc2cccc(CCCO)c2)cc(OC)c1OC. The molecule has 0 amide bonds. The van der Waals surface area contributed by atoms with E-state index < -0.39 is 0 Å². The number of aliphatic hydroxyl groups excluding tert-OH is 1. The molecule has 4 nitrogen and oxygen atoms in total. The average Bonchev–Trinajstić information content (AvgIpc) is 2.63. The normalized spacial score (nSPS) is 10.5. The van der Waals surface area contributed by atoms with Crippen molar-refractivity contribution in [1.82, 2.24) is 0 Å². The van der Waals surface area contributed by atoms with Gasteiger partial charge in [0.2, 0.25) is 5.75 Å². The molecular weight excluding hydrogens is 304 g/mol. The molecule has 0 atom stereocenters. The van der Waals surface area contributed by atoms with Gasteiger partial charge in [-0.2, -0.15) is 0 Å². The lowest BCUT2D eigenvalue weighted by molar-refractivity contribution is 0.288. The topological polar surface area (TPSA) is 47.9 Å². The Morgan fingerprint density at radius 1 is 0.750 bits per heavy atom. The zero-order chi connectivity index (χ0) is 17.4. The molecule has 2 aromatic rings. The molecule has 24 heavy (non-hydrogen) atoms. The van der Waals surface area contributed by atoms with E-state index >= 15 is 0 Å². The van der Waals surface area contributed by atoms with Crippen LogP contribution in [0, 0.1) is 0 Å². The average molecular weight is 330 g/mol. The summed E-state index contributed by atoms with van der Waals surface area (Å²) in [4.78, 5) is 0. The van der Waals surface area contributed by atoms with Gasteiger partial charge in [-0.3, -0.25) is 0 Å². The lowest BCUT2D eigenvalue weighted by atomic mass is 10.0. The van der Waals surface area contributed by atoms with Crippen molar-refractivity contribution in [3.63, 3.8) is 0 Å². The van der Waals surface area contributed by atoms with Gasteiger partial charge in [0.15, 0.2) is 11.5 Å². The molecule has 1 N–H and O–H groups in total. The molecule has 0 saturated heterocycles. The van der Waals surface area contributed by atoms with Crippen LogP contribution in [0.5, 0.6) is 17.2 Å². The highest BCUT2D eigenvalue weighted by Crippen LogP contribution is 2.38. The van der Waals surface area contributed by atoms with Crippen LogP contribution in [0.15, 0.2) is 36.4 Å². The summed E-state index contributed by atoms with van der Waals surface area (Å²) in [5.74, 6) is 1.99. The molecule has 0 fully saturated rings. The summed E-state index contributed by atoms with van der Waals surface area (Å²) in [5, 5.41) is 8.96. The van der Waals surface area contributed by atoms with Crippen molar-refractivity contribution in [3.8, 4) is 17.2 Å². The van der Waals surface area contributed by atoms with Crippen LogP contribution in [0.3, 0.4) is 0 Å². The maximum atomic E-state index is 8.96. The van der Waals surface area contributed by atoms with Crippen LogP contribution < -0.4 is 14.2 Å². The summed E-state index contributed by atoms with van der Waals surface area (Å²) < 4.78 is 16.2. The van der Waals surface area contributed by atoms with Gasteiger partial charge in [-0.05, 0) is 54.5 Å². The van der Waals surface area contributed by atoms with Crippen molar-refractivity contribution in [3.05, 3.63) is 53.1 Å². The Hall–Kier alpha value is -2.20. The van der Waals surface area contributed by atoms with E-state index in [-0.39, 0.29) is 6.61 Å². The van der Waals surface area contributed by atoms with E-state index in [4.69, 9.17) is 19.3 Å². The second-order valence-corrected chi connectivity index (χ2v) is 5.68. The summed E-state index contributed by atoms with van der Waals surface area (Å²) in [6, 6.07) is 12.5. The minimum absolute atomic E-state index is 0.232. The first kappa shape index (κ1) is 18.1. The molecule has 0 unspecified atom stereocenters. The zero-order valence-electron chi connectivity index (χ0n) is 14.7. The molecule has 0 aromatic heterocycles. The molecule has 0 radical (unpaired) electrons. The summed E-state index contributed by atoms with van der Waals surface area (Å²) in [7, 11) is 4.87. The lowest BCUT2D eigenvalue weighted by Crippen LogP contribution is -1.99. The number of hydrogen-bond acceptors (Lipinski definition) is 4. The number of aryl methyl sites for hydroxylation is 3. The summed E-state index contributed by atoms with van der Waals surface area (Å²) in [6.45, 7) is 0.232. The fourth-order valence-corrected chi connectivity index (χ4v) is 2.79. The number of benzene rings is 2. The van der Waals surface area contributed by atoms with Gasteiger partial charge in [0.1, 0.15) is 0 Å². The maximum absolute atomic E-state index is 8.96. The highest BCUT2D eigenvalue weighted by Gasteiger charge is 2.13. The molecule has 2 aromatic carbocycles. The fraction of sp³-hybridized carbons (Fsp3) is 0.400. The molecule has 2 rings (SSSR count). The first-order valence-electron chi connectivity index (χ1n) is 8.19. The van der Waals surface area contributed by atoms with Crippen LogP contribution in [0.1, 0.15) is 23.1 Å². The lowest BCUT2D eigenvalue weighted by Gasteiger charge is -2.14. The van der Waals surface area contributed by atoms with E-state index in [1.54, 1.807) is 21.3 Å². The van der Waals surface area contributed by atoms with E-state index in [1.807, 2.05) is 12.1 Å². The second-order valence-electron chi connectivity index (χ2n) is 5.68. The van der Waals surface area contributed by atoms with E-state index in [9.17, 15) is 0 Å². The molecule has 0 saturated carbocycles. The third kappa shape index (κ3) is 4.65. The van der Waals surface area contributed by atoms with Gasteiger partial charge in [-0.25, -0.2) is 0 Å². The van der Waals surface area contributed by atoms with E-state index in [0.717, 1.165) is 31.2 Å². The molecular formula is C20H26O4. The predicted molar refractivity (Wildman–Crippen MR) is 95.4 cm³/mol. The number of hydrogen-bond donors (Lipinski definition) is 1. The van der Waals surface area contributed by atoms with Crippen molar-refractivity contribution < 1.29 is 19.3 Å². The Labute approximate surface area is 144 Å². The van der Waals surface area contributed by atoms with Crippen molar-refractivity contribution in [2.45, 2.75) is 25.7 Å². The van der Waals surface area contributed by atoms with E-state index in [2.05, 4.69) is 24.3 Å². The minimum atomic E-state index is 0.232. The minimum Gasteiger partial charge on any atom is -0.493 e. The Morgan fingerprint density at radius 3 is 1.88 bits per heavy atom. The van der Waals surface area contributed by atoms with Crippen LogP contribution in [0.4, 0.5) is 0 Å².